The van der Waals surface area contributed by atoms with Crippen LogP contribution >= 0.6 is 0 Å². The number of benzene rings is 1. The summed E-state index contributed by atoms with van der Waals surface area (Å²) in [6, 6.07) is 5.51. The first-order chi connectivity index (χ1) is 10.6. The number of carboxylic acid groups (broad SMARTS) is 2. The molecule has 23 heavy (non-hydrogen) atoms. The number of aliphatic carboxylic acids is 2. The summed E-state index contributed by atoms with van der Waals surface area (Å²) >= 11 is 0. The molecule has 0 saturated carbocycles. The summed E-state index contributed by atoms with van der Waals surface area (Å²) < 4.78 is 0. The van der Waals surface area contributed by atoms with Gasteiger partial charge in [-0.15, -0.1) is 0 Å². The van der Waals surface area contributed by atoms with E-state index in [2.05, 4.69) is 6.92 Å². The van der Waals surface area contributed by atoms with Crippen LogP contribution in [-0.4, -0.2) is 22.2 Å². The summed E-state index contributed by atoms with van der Waals surface area (Å²) in [5.41, 5.74) is -0.0895. The number of aryl methyl sites for hydroxylation is 1. The summed E-state index contributed by atoms with van der Waals surface area (Å²) in [4.78, 5) is 23.5. The maximum absolute atomic E-state index is 11.8. The van der Waals surface area contributed by atoms with Gasteiger partial charge in [0.05, 0.1) is 10.8 Å². The van der Waals surface area contributed by atoms with E-state index in [1.165, 1.54) is 0 Å². The second-order valence-corrected chi connectivity index (χ2v) is 7.16. The first kappa shape index (κ1) is 19.2. The molecular weight excluding hydrogens is 292 g/mol. The minimum absolute atomic E-state index is 0.589. The number of hydrogen-bond donors (Lipinski definition) is 2. The molecule has 0 aromatic heterocycles. The van der Waals surface area contributed by atoms with Crippen LogP contribution in [0.5, 0.6) is 0 Å². The Kier molecular flexibility index (Phi) is 5.98. The molecule has 2 N–H and O–H groups in total. The Hall–Kier alpha value is -1.84. The van der Waals surface area contributed by atoms with Gasteiger partial charge in [-0.2, -0.15) is 0 Å². The van der Waals surface area contributed by atoms with Crippen molar-refractivity contribution < 1.29 is 19.8 Å². The molecule has 0 amide bonds. The monoisotopic (exact) mass is 320 g/mol. The van der Waals surface area contributed by atoms with E-state index < -0.39 is 22.8 Å². The lowest BCUT2D eigenvalue weighted by Gasteiger charge is -2.32. The fourth-order valence-corrected chi connectivity index (χ4v) is 2.85. The van der Waals surface area contributed by atoms with Crippen molar-refractivity contribution in [1.82, 2.24) is 0 Å². The van der Waals surface area contributed by atoms with Gasteiger partial charge in [-0.05, 0) is 57.2 Å². The van der Waals surface area contributed by atoms with Crippen molar-refractivity contribution in [2.24, 2.45) is 0 Å². The van der Waals surface area contributed by atoms with Gasteiger partial charge in [0, 0.05) is 0 Å². The zero-order valence-electron chi connectivity index (χ0n) is 14.8. The number of unbranched alkanes of at least 4 members (excludes halogenated alkanes) is 2. The Balaban J connectivity index is 3.56. The van der Waals surface area contributed by atoms with Crippen molar-refractivity contribution in [3.05, 3.63) is 34.9 Å². The average Bonchev–Trinajstić information content (AvgIpc) is 2.46. The van der Waals surface area contributed by atoms with Crippen molar-refractivity contribution in [3.63, 3.8) is 0 Å². The summed E-state index contributed by atoms with van der Waals surface area (Å²) in [5.74, 6) is -1.89. The fraction of sp³-hybridized carbons (Fsp3) is 0.579. The molecule has 0 atom stereocenters. The first-order valence-corrected chi connectivity index (χ1v) is 8.16. The standard InChI is InChI=1S/C19H28O4/c1-6-7-8-10-13-11-9-12-14(18(2,3)16(20)21)15(13)19(4,5)17(22)23/h9,11-12H,6-8,10H2,1-5H3,(H,20,21)(H,22,23). The van der Waals surface area contributed by atoms with E-state index in [0.29, 0.717) is 11.1 Å². The van der Waals surface area contributed by atoms with Crippen LogP contribution in [0.2, 0.25) is 0 Å². The van der Waals surface area contributed by atoms with Crippen LogP contribution in [0.1, 0.15) is 70.6 Å². The van der Waals surface area contributed by atoms with Crippen molar-refractivity contribution >= 4 is 11.9 Å². The van der Waals surface area contributed by atoms with Crippen LogP contribution in [-0.2, 0) is 26.8 Å². The Bertz CT molecular complexity index is 585. The number of carboxylic acids is 2. The molecule has 1 aromatic rings. The first-order valence-electron chi connectivity index (χ1n) is 8.16. The van der Waals surface area contributed by atoms with Crippen LogP contribution in [0.25, 0.3) is 0 Å². The minimum Gasteiger partial charge on any atom is -0.481 e. The molecule has 1 rings (SSSR count). The molecule has 0 unspecified atom stereocenters. The highest BCUT2D eigenvalue weighted by Crippen LogP contribution is 2.37. The molecule has 0 bridgehead atoms. The van der Waals surface area contributed by atoms with Crippen molar-refractivity contribution in [3.8, 4) is 0 Å². The van der Waals surface area contributed by atoms with Crippen LogP contribution in [0.4, 0.5) is 0 Å². The van der Waals surface area contributed by atoms with E-state index in [4.69, 9.17) is 0 Å². The van der Waals surface area contributed by atoms with Gasteiger partial charge >= 0.3 is 11.9 Å². The largest absolute Gasteiger partial charge is 0.481 e. The number of rotatable bonds is 8. The smallest absolute Gasteiger partial charge is 0.313 e. The van der Waals surface area contributed by atoms with Gasteiger partial charge in [0.2, 0.25) is 0 Å². The number of carbonyl (C=O) groups is 2. The summed E-state index contributed by atoms with van der Waals surface area (Å²) in [6.45, 7) is 8.67. The molecule has 0 aliphatic heterocycles. The third-order valence-corrected chi connectivity index (χ3v) is 4.57. The molecule has 0 aliphatic carbocycles. The SMILES string of the molecule is CCCCCc1cccc(C(C)(C)C(=O)O)c1C(C)(C)C(=O)O. The third-order valence-electron chi connectivity index (χ3n) is 4.57. The molecule has 4 nitrogen and oxygen atoms in total. The highest BCUT2D eigenvalue weighted by molar-refractivity contribution is 5.85. The van der Waals surface area contributed by atoms with E-state index in [0.717, 1.165) is 31.2 Å². The van der Waals surface area contributed by atoms with Crippen molar-refractivity contribution in [1.29, 1.82) is 0 Å². The topological polar surface area (TPSA) is 74.6 Å². The molecule has 0 fully saturated rings. The van der Waals surface area contributed by atoms with Gasteiger partial charge in [-0.1, -0.05) is 38.0 Å². The zero-order valence-corrected chi connectivity index (χ0v) is 14.8. The van der Waals surface area contributed by atoms with Crippen LogP contribution < -0.4 is 0 Å². The lowest BCUT2D eigenvalue weighted by Crippen LogP contribution is -2.37. The molecule has 0 heterocycles. The Morgan fingerprint density at radius 2 is 1.52 bits per heavy atom. The predicted octanol–water partition coefficient (Wildman–Crippen LogP) is 4.14. The average molecular weight is 320 g/mol. The highest BCUT2D eigenvalue weighted by atomic mass is 16.4. The molecule has 0 saturated heterocycles. The summed E-state index contributed by atoms with van der Waals surface area (Å²) in [6.07, 6.45) is 3.89. The zero-order chi connectivity index (χ0) is 17.8. The van der Waals surface area contributed by atoms with Crippen LogP contribution in [0.3, 0.4) is 0 Å². The predicted molar refractivity (Wildman–Crippen MR) is 91.0 cm³/mol. The molecule has 0 aliphatic rings. The molecule has 128 valence electrons. The quantitative estimate of drug-likeness (QED) is 0.706. The van der Waals surface area contributed by atoms with E-state index in [-0.39, 0.29) is 0 Å². The van der Waals surface area contributed by atoms with E-state index in [1.807, 2.05) is 12.1 Å². The Labute approximate surface area is 138 Å². The second kappa shape index (κ2) is 7.16. The minimum atomic E-state index is -1.14. The van der Waals surface area contributed by atoms with E-state index in [1.54, 1.807) is 33.8 Å². The van der Waals surface area contributed by atoms with Crippen LogP contribution in [0.15, 0.2) is 18.2 Å². The fourth-order valence-electron chi connectivity index (χ4n) is 2.85. The van der Waals surface area contributed by atoms with Crippen molar-refractivity contribution in [2.75, 3.05) is 0 Å². The highest BCUT2D eigenvalue weighted by Gasteiger charge is 2.40. The van der Waals surface area contributed by atoms with Gasteiger partial charge in [0.25, 0.3) is 0 Å². The van der Waals surface area contributed by atoms with E-state index in [9.17, 15) is 19.8 Å². The normalized spacial score (nSPS) is 12.2. The van der Waals surface area contributed by atoms with Gasteiger partial charge < -0.3 is 10.2 Å². The summed E-state index contributed by atoms with van der Waals surface area (Å²) in [7, 11) is 0. The molecule has 1 aromatic carbocycles. The number of hydrogen-bond acceptors (Lipinski definition) is 2. The van der Waals surface area contributed by atoms with Crippen LogP contribution in [0, 0.1) is 0 Å². The summed E-state index contributed by atoms with van der Waals surface area (Å²) in [5, 5.41) is 19.3. The molecule has 0 spiro atoms. The lowest BCUT2D eigenvalue weighted by molar-refractivity contribution is -0.144. The molecule has 4 heteroatoms. The molecular formula is C19H28O4. The third kappa shape index (κ3) is 3.92. The molecule has 0 radical (unpaired) electrons. The van der Waals surface area contributed by atoms with Gasteiger partial charge in [0.1, 0.15) is 0 Å². The van der Waals surface area contributed by atoms with Gasteiger partial charge in [0.15, 0.2) is 0 Å². The lowest BCUT2D eigenvalue weighted by atomic mass is 9.71. The van der Waals surface area contributed by atoms with E-state index >= 15 is 0 Å². The Morgan fingerprint density at radius 3 is 2.00 bits per heavy atom. The second-order valence-electron chi connectivity index (χ2n) is 7.16. The maximum atomic E-state index is 11.8. The maximum Gasteiger partial charge on any atom is 0.313 e. The Morgan fingerprint density at radius 1 is 0.957 bits per heavy atom. The van der Waals surface area contributed by atoms with Gasteiger partial charge in [-0.25, -0.2) is 0 Å². The van der Waals surface area contributed by atoms with Crippen molar-refractivity contribution in [2.45, 2.75) is 71.1 Å². The van der Waals surface area contributed by atoms with Gasteiger partial charge in [-0.3, -0.25) is 9.59 Å².